The van der Waals surface area contributed by atoms with Crippen LogP contribution in [0.15, 0.2) is 30.3 Å². The molecule has 0 radical (unpaired) electrons. The second-order valence-electron chi connectivity index (χ2n) is 5.10. The van der Waals surface area contributed by atoms with Crippen LogP contribution in [0.1, 0.15) is 44.7 Å². The number of nitrogens with one attached hydrogen (secondary N) is 2. The normalized spacial score (nSPS) is 12.0. The molecule has 0 aromatic heterocycles. The first kappa shape index (κ1) is 17.0. The van der Waals surface area contributed by atoms with Crippen LogP contribution in [0.3, 0.4) is 0 Å². The van der Waals surface area contributed by atoms with Crippen molar-refractivity contribution in [2.24, 2.45) is 5.92 Å². The Bertz CT molecular complexity index is 444. The number of rotatable bonds is 8. The van der Waals surface area contributed by atoms with Gasteiger partial charge in [-0.3, -0.25) is 4.79 Å². The molecule has 1 rings (SSSR count). The summed E-state index contributed by atoms with van der Waals surface area (Å²) in [5.41, 5.74) is 0.789. The van der Waals surface area contributed by atoms with Gasteiger partial charge in [-0.2, -0.15) is 0 Å². The molecule has 0 spiro atoms. The van der Waals surface area contributed by atoms with Gasteiger partial charge in [-0.05, 0) is 11.5 Å². The molecule has 0 fully saturated rings. The number of benzene rings is 1. The Morgan fingerprint density at radius 3 is 2.29 bits per heavy atom. The fourth-order valence-corrected chi connectivity index (χ4v) is 2.14. The molecular weight excluding hydrogens is 268 g/mol. The Labute approximate surface area is 125 Å². The lowest BCUT2D eigenvalue weighted by molar-refractivity contribution is -0.137. The zero-order chi connectivity index (χ0) is 15.7. The largest absolute Gasteiger partial charge is 0.481 e. The van der Waals surface area contributed by atoms with E-state index in [1.54, 1.807) is 0 Å². The van der Waals surface area contributed by atoms with Gasteiger partial charge < -0.3 is 15.7 Å². The third kappa shape index (κ3) is 6.29. The number of hydrogen-bond donors (Lipinski definition) is 3. The Kier molecular flexibility index (Phi) is 7.29. The summed E-state index contributed by atoms with van der Waals surface area (Å²) in [6.07, 6.45) is 1.88. The lowest BCUT2D eigenvalue weighted by atomic mass is 10.0. The maximum Gasteiger partial charge on any atom is 0.315 e. The summed E-state index contributed by atoms with van der Waals surface area (Å²) in [6.45, 7) is 4.78. The molecule has 21 heavy (non-hydrogen) atoms. The van der Waals surface area contributed by atoms with Gasteiger partial charge in [0.25, 0.3) is 0 Å². The molecule has 0 saturated carbocycles. The van der Waals surface area contributed by atoms with Crippen molar-refractivity contribution in [2.45, 2.75) is 39.2 Å². The Morgan fingerprint density at radius 2 is 1.76 bits per heavy atom. The predicted molar refractivity (Wildman–Crippen MR) is 82.0 cm³/mol. The molecule has 5 heteroatoms. The number of hydrogen-bond acceptors (Lipinski definition) is 2. The van der Waals surface area contributed by atoms with E-state index in [2.05, 4.69) is 24.5 Å². The number of carbonyl (C=O) groups excluding carboxylic acids is 1. The lowest BCUT2D eigenvalue weighted by Crippen LogP contribution is -2.40. The Morgan fingerprint density at radius 1 is 1.14 bits per heavy atom. The van der Waals surface area contributed by atoms with Crippen molar-refractivity contribution in [1.29, 1.82) is 0 Å². The first-order chi connectivity index (χ1) is 10.1. The van der Waals surface area contributed by atoms with Crippen LogP contribution in [0, 0.1) is 5.92 Å². The number of carbonyl (C=O) groups is 2. The molecule has 1 aromatic rings. The van der Waals surface area contributed by atoms with Gasteiger partial charge >= 0.3 is 12.0 Å². The summed E-state index contributed by atoms with van der Waals surface area (Å²) in [7, 11) is 0. The first-order valence-electron chi connectivity index (χ1n) is 7.37. The van der Waals surface area contributed by atoms with Crippen LogP contribution in [0.5, 0.6) is 0 Å². The molecule has 1 unspecified atom stereocenters. The molecule has 0 heterocycles. The van der Waals surface area contributed by atoms with Crippen LogP contribution in [-0.2, 0) is 4.79 Å². The summed E-state index contributed by atoms with van der Waals surface area (Å²) in [5, 5.41) is 14.5. The second kappa shape index (κ2) is 9.00. The predicted octanol–water partition coefficient (Wildman–Crippen LogP) is 2.94. The summed E-state index contributed by atoms with van der Waals surface area (Å²) in [4.78, 5) is 22.9. The highest BCUT2D eigenvalue weighted by Gasteiger charge is 2.18. The molecule has 0 bridgehead atoms. The van der Waals surface area contributed by atoms with Gasteiger partial charge in [0.2, 0.25) is 0 Å². The molecule has 116 valence electrons. The minimum absolute atomic E-state index is 0.136. The van der Waals surface area contributed by atoms with Gasteiger partial charge in [-0.15, -0.1) is 0 Å². The average molecular weight is 292 g/mol. The van der Waals surface area contributed by atoms with E-state index in [1.165, 1.54) is 0 Å². The molecule has 0 aliphatic heterocycles. The number of urea groups is 1. The highest BCUT2D eigenvalue weighted by Crippen LogP contribution is 2.16. The van der Waals surface area contributed by atoms with Crippen molar-refractivity contribution in [3.05, 3.63) is 35.9 Å². The summed E-state index contributed by atoms with van der Waals surface area (Å²) in [5.74, 6) is -0.491. The van der Waals surface area contributed by atoms with Crippen molar-refractivity contribution >= 4 is 12.0 Å². The number of carboxylic acid groups (broad SMARTS) is 1. The van der Waals surface area contributed by atoms with Crippen molar-refractivity contribution in [1.82, 2.24) is 10.6 Å². The monoisotopic (exact) mass is 292 g/mol. The maximum absolute atomic E-state index is 11.9. The van der Waals surface area contributed by atoms with E-state index in [4.69, 9.17) is 5.11 Å². The van der Waals surface area contributed by atoms with E-state index < -0.39 is 12.0 Å². The smallest absolute Gasteiger partial charge is 0.315 e. The van der Waals surface area contributed by atoms with E-state index in [0.29, 0.717) is 12.5 Å². The fourth-order valence-electron chi connectivity index (χ4n) is 2.14. The molecule has 5 nitrogen and oxygen atoms in total. The second-order valence-corrected chi connectivity index (χ2v) is 5.10. The lowest BCUT2D eigenvalue weighted by Gasteiger charge is -2.19. The van der Waals surface area contributed by atoms with Gasteiger partial charge in [0.05, 0.1) is 12.5 Å². The zero-order valence-corrected chi connectivity index (χ0v) is 12.6. The van der Waals surface area contributed by atoms with Crippen LogP contribution in [0.2, 0.25) is 0 Å². The molecule has 2 amide bonds. The van der Waals surface area contributed by atoms with Gasteiger partial charge in [-0.25, -0.2) is 4.79 Å². The standard InChI is InChI=1S/C16H24N2O3/c1-3-12(4-2)11-17-16(21)18-14(10-15(19)20)13-8-6-5-7-9-13/h5-9,12,14H,3-4,10-11H2,1-2H3,(H,19,20)(H2,17,18,21). The van der Waals surface area contributed by atoms with E-state index in [1.807, 2.05) is 30.3 Å². The quantitative estimate of drug-likeness (QED) is 0.689. The minimum Gasteiger partial charge on any atom is -0.481 e. The molecular formula is C16H24N2O3. The first-order valence-corrected chi connectivity index (χ1v) is 7.37. The Balaban J connectivity index is 2.60. The van der Waals surface area contributed by atoms with Gasteiger partial charge in [0.1, 0.15) is 0 Å². The third-order valence-electron chi connectivity index (χ3n) is 3.59. The maximum atomic E-state index is 11.9. The number of aliphatic carboxylic acids is 1. The highest BCUT2D eigenvalue weighted by atomic mass is 16.4. The molecule has 1 atom stereocenters. The van der Waals surface area contributed by atoms with E-state index in [9.17, 15) is 9.59 Å². The van der Waals surface area contributed by atoms with Crippen LogP contribution >= 0.6 is 0 Å². The van der Waals surface area contributed by atoms with E-state index >= 15 is 0 Å². The molecule has 0 aliphatic carbocycles. The van der Waals surface area contributed by atoms with Crippen molar-refractivity contribution in [3.8, 4) is 0 Å². The van der Waals surface area contributed by atoms with Gasteiger partial charge in [0.15, 0.2) is 0 Å². The van der Waals surface area contributed by atoms with Crippen LogP contribution in [0.25, 0.3) is 0 Å². The fraction of sp³-hybridized carbons (Fsp3) is 0.500. The van der Waals surface area contributed by atoms with Crippen LogP contribution in [0.4, 0.5) is 4.79 Å². The number of amides is 2. The minimum atomic E-state index is -0.941. The molecule has 1 aromatic carbocycles. The number of carboxylic acids is 1. The SMILES string of the molecule is CCC(CC)CNC(=O)NC(CC(=O)O)c1ccccc1. The topological polar surface area (TPSA) is 78.4 Å². The molecule has 0 saturated heterocycles. The van der Waals surface area contributed by atoms with Crippen molar-refractivity contribution in [3.63, 3.8) is 0 Å². The van der Waals surface area contributed by atoms with Crippen molar-refractivity contribution in [2.75, 3.05) is 6.54 Å². The van der Waals surface area contributed by atoms with Gasteiger partial charge in [-0.1, -0.05) is 57.0 Å². The Hall–Kier alpha value is -2.04. The van der Waals surface area contributed by atoms with E-state index in [-0.39, 0.29) is 12.5 Å². The van der Waals surface area contributed by atoms with E-state index in [0.717, 1.165) is 18.4 Å². The van der Waals surface area contributed by atoms with Crippen LogP contribution < -0.4 is 10.6 Å². The summed E-state index contributed by atoms with van der Waals surface area (Å²) >= 11 is 0. The molecule has 3 N–H and O–H groups in total. The van der Waals surface area contributed by atoms with Crippen LogP contribution in [-0.4, -0.2) is 23.7 Å². The molecule has 0 aliphatic rings. The average Bonchev–Trinajstić information content (AvgIpc) is 2.48. The third-order valence-corrected chi connectivity index (χ3v) is 3.59. The van der Waals surface area contributed by atoms with Gasteiger partial charge in [0, 0.05) is 6.54 Å². The zero-order valence-electron chi connectivity index (χ0n) is 12.6. The highest BCUT2D eigenvalue weighted by molar-refractivity contribution is 5.76. The summed E-state index contributed by atoms with van der Waals surface area (Å²) < 4.78 is 0. The van der Waals surface area contributed by atoms with Crippen molar-refractivity contribution < 1.29 is 14.7 Å². The summed E-state index contributed by atoms with van der Waals surface area (Å²) in [6, 6.07) is 8.29.